The number of hydrogen-bond donors (Lipinski definition) is 22. The minimum absolute atomic E-state index is 0.0000726. The molecule has 0 saturated heterocycles. The molecule has 3 rings (SSSR count). The highest BCUT2D eigenvalue weighted by Gasteiger charge is 2.38. The SMILES string of the molecule is CC(C)C[C@@H](NC(=O)[C@@H](Cc1ccccc1)NC(=O)CNC(=O)CNC(=O)[C@H](N)Cc1ccc(O)cc1)C(=O)N[C@@H](CCCN=C(N)N)C(=O)N[C@@H](CCCN=C(N)N)C(=O)N[C@@H](CCC(N)=O)C(=O)N[C@H](Cc1ccccc1)C(=O)N[C@@H](CCCCN)C(=O)N[C@H](C(=O)N[C@H](C(=O)N[C@H](C(=O)O)[C@H](C)O)C(C)C)C(C)C. The van der Waals surface area contributed by atoms with Crippen LogP contribution in [0.5, 0.6) is 5.75 Å². The minimum atomic E-state index is -1.72. The van der Waals surface area contributed by atoms with Gasteiger partial charge in [-0.2, -0.15) is 0 Å². The Morgan fingerprint density at radius 2 is 0.777 bits per heavy atom. The molecular formula is C74H115N21O17. The number of guanidine groups is 2. The molecule has 0 unspecified atom stereocenters. The number of carboxylic acids is 1. The number of nitrogens with one attached hydrogen (secondary N) is 12. The molecule has 3 aromatic rings. The van der Waals surface area contributed by atoms with Crippen LogP contribution >= 0.6 is 0 Å². The monoisotopic (exact) mass is 1570 g/mol. The Bertz CT molecular complexity index is 3650. The van der Waals surface area contributed by atoms with Crippen LogP contribution in [0.4, 0.5) is 0 Å². The molecule has 38 heteroatoms. The molecule has 0 bridgehead atoms. The molecule has 0 radical (unpaired) electrons. The van der Waals surface area contributed by atoms with Crippen molar-refractivity contribution < 1.29 is 82.4 Å². The van der Waals surface area contributed by atoms with Gasteiger partial charge in [0, 0.05) is 32.4 Å². The van der Waals surface area contributed by atoms with Gasteiger partial charge >= 0.3 is 5.97 Å². The van der Waals surface area contributed by atoms with Gasteiger partial charge in [0.05, 0.1) is 25.2 Å². The molecular weight excluding hydrogens is 1450 g/mol. The van der Waals surface area contributed by atoms with E-state index < -0.39 is 193 Å². The quantitative estimate of drug-likeness (QED) is 0.0143. The molecule has 0 aliphatic carbocycles. The van der Waals surface area contributed by atoms with Crippen molar-refractivity contribution in [3.8, 4) is 5.75 Å². The van der Waals surface area contributed by atoms with Crippen molar-refractivity contribution in [2.24, 2.45) is 67.9 Å². The van der Waals surface area contributed by atoms with E-state index in [0.717, 1.165) is 6.92 Å². The van der Waals surface area contributed by atoms with Gasteiger partial charge in [-0.3, -0.25) is 72.3 Å². The zero-order chi connectivity index (χ0) is 83.7. The second-order valence-corrected chi connectivity index (χ2v) is 28.2. The Hall–Kier alpha value is -11.5. The van der Waals surface area contributed by atoms with Crippen molar-refractivity contribution >= 4 is 94.7 Å². The number of nitrogens with two attached hydrogens (primary N) is 7. The van der Waals surface area contributed by atoms with E-state index in [0.29, 0.717) is 23.1 Å². The number of carbonyl (C=O) groups excluding carboxylic acids is 13. The fourth-order valence-corrected chi connectivity index (χ4v) is 11.3. The zero-order valence-electron chi connectivity index (χ0n) is 64.5. The van der Waals surface area contributed by atoms with E-state index >= 15 is 0 Å². The summed E-state index contributed by atoms with van der Waals surface area (Å²) < 4.78 is 0. The maximum atomic E-state index is 14.9. The Kier molecular flexibility index (Phi) is 41.9. The van der Waals surface area contributed by atoms with Crippen LogP contribution in [0, 0.1) is 17.8 Å². The molecule has 618 valence electrons. The number of aromatic hydroxyl groups is 1. The van der Waals surface area contributed by atoms with Gasteiger partial charge < -0.3 is 119 Å². The van der Waals surface area contributed by atoms with Gasteiger partial charge in [-0.15, -0.1) is 0 Å². The summed E-state index contributed by atoms with van der Waals surface area (Å²) in [6, 6.07) is 6.77. The van der Waals surface area contributed by atoms with Crippen LogP contribution < -0.4 is 104 Å². The molecule has 12 atom stereocenters. The predicted octanol–water partition coefficient (Wildman–Crippen LogP) is -4.85. The maximum Gasteiger partial charge on any atom is 0.328 e. The van der Waals surface area contributed by atoms with Crippen molar-refractivity contribution in [1.29, 1.82) is 0 Å². The summed E-state index contributed by atoms with van der Waals surface area (Å²) in [5, 5.41) is 60.0. The first-order chi connectivity index (χ1) is 52.9. The number of aliphatic carboxylic acids is 1. The smallest absolute Gasteiger partial charge is 0.328 e. The van der Waals surface area contributed by atoms with E-state index in [2.05, 4.69) is 73.8 Å². The number of aliphatic hydroxyl groups is 1. The van der Waals surface area contributed by atoms with Gasteiger partial charge in [-0.05, 0) is 124 Å². The molecule has 0 fully saturated rings. The lowest BCUT2D eigenvalue weighted by Crippen LogP contribution is -2.62. The van der Waals surface area contributed by atoms with Crippen LogP contribution in [-0.2, 0) is 86.4 Å². The minimum Gasteiger partial charge on any atom is -0.508 e. The third-order valence-corrected chi connectivity index (χ3v) is 17.4. The molecule has 38 nitrogen and oxygen atoms in total. The first-order valence-corrected chi connectivity index (χ1v) is 37.1. The van der Waals surface area contributed by atoms with E-state index in [4.69, 9.17) is 40.1 Å². The van der Waals surface area contributed by atoms with Crippen molar-refractivity contribution in [3.63, 3.8) is 0 Å². The number of aliphatic hydroxyl groups excluding tert-OH is 1. The molecule has 13 amide bonds. The number of benzene rings is 3. The van der Waals surface area contributed by atoms with Crippen LogP contribution in [0.1, 0.15) is 129 Å². The van der Waals surface area contributed by atoms with Gasteiger partial charge in [-0.25, -0.2) is 4.79 Å². The molecule has 29 N–H and O–H groups in total. The average molecular weight is 1570 g/mol. The van der Waals surface area contributed by atoms with Crippen LogP contribution in [-0.4, -0.2) is 215 Å². The fraction of sp³-hybridized carbons (Fsp3) is 0.541. The number of phenols is 1. The molecule has 3 aromatic carbocycles. The number of primary amides is 1. The zero-order valence-corrected chi connectivity index (χ0v) is 64.5. The van der Waals surface area contributed by atoms with Gasteiger partial charge in [0.2, 0.25) is 76.8 Å². The highest BCUT2D eigenvalue weighted by Crippen LogP contribution is 2.16. The van der Waals surface area contributed by atoms with E-state index in [1.54, 1.807) is 114 Å². The first-order valence-electron chi connectivity index (χ1n) is 37.1. The fourth-order valence-electron chi connectivity index (χ4n) is 11.3. The Morgan fingerprint density at radius 1 is 0.402 bits per heavy atom. The summed E-state index contributed by atoms with van der Waals surface area (Å²) in [4.78, 5) is 202. The first kappa shape index (κ1) is 94.7. The summed E-state index contributed by atoms with van der Waals surface area (Å²) in [5.41, 5.74) is 41.7. The highest BCUT2D eigenvalue weighted by molar-refractivity contribution is 6.00. The summed E-state index contributed by atoms with van der Waals surface area (Å²) in [6.45, 7) is 9.84. The number of carbonyl (C=O) groups is 14. The highest BCUT2D eigenvalue weighted by atomic mass is 16.4. The van der Waals surface area contributed by atoms with Crippen LogP contribution in [0.15, 0.2) is 94.9 Å². The molecule has 112 heavy (non-hydrogen) atoms. The normalized spacial score (nSPS) is 14.3. The average Bonchev–Trinajstić information content (AvgIpc) is 0.853. The van der Waals surface area contributed by atoms with Crippen LogP contribution in [0.25, 0.3) is 0 Å². The number of nitrogens with zero attached hydrogens (tertiary/aromatic N) is 2. The molecule has 0 spiro atoms. The van der Waals surface area contributed by atoms with E-state index in [-0.39, 0.29) is 107 Å². The van der Waals surface area contributed by atoms with E-state index in [1.165, 1.54) is 12.1 Å². The molecule has 0 aliphatic rings. The second kappa shape index (κ2) is 49.6. The number of amides is 13. The number of aliphatic imine (C=N–C) groups is 2. The largest absolute Gasteiger partial charge is 0.508 e. The lowest BCUT2D eigenvalue weighted by molar-refractivity contribution is -0.145. The third-order valence-electron chi connectivity index (χ3n) is 17.4. The van der Waals surface area contributed by atoms with Crippen molar-refractivity contribution in [3.05, 3.63) is 102 Å². The molecule has 0 saturated carbocycles. The van der Waals surface area contributed by atoms with Crippen molar-refractivity contribution in [1.82, 2.24) is 63.8 Å². The lowest BCUT2D eigenvalue weighted by Gasteiger charge is -2.30. The molecule has 0 aromatic heterocycles. The lowest BCUT2D eigenvalue weighted by atomic mass is 9.98. The number of hydrogen-bond acceptors (Lipinski definition) is 20. The molecule has 0 aliphatic heterocycles. The second-order valence-electron chi connectivity index (χ2n) is 28.2. The molecule has 0 heterocycles. The summed E-state index contributed by atoms with van der Waals surface area (Å²) in [6.07, 6.45) is -2.63. The Labute approximate surface area is 650 Å². The maximum absolute atomic E-state index is 14.9. The van der Waals surface area contributed by atoms with E-state index in [9.17, 15) is 82.4 Å². The summed E-state index contributed by atoms with van der Waals surface area (Å²) >= 11 is 0. The summed E-state index contributed by atoms with van der Waals surface area (Å²) in [5.74, 6) is -15.3. The van der Waals surface area contributed by atoms with Crippen LogP contribution in [0.2, 0.25) is 0 Å². The number of unbranched alkanes of at least 4 members (excludes halogenated alkanes) is 1. The number of carboxylic acid groups (broad SMARTS) is 1. The Morgan fingerprint density at radius 3 is 1.20 bits per heavy atom. The summed E-state index contributed by atoms with van der Waals surface area (Å²) in [7, 11) is 0. The van der Waals surface area contributed by atoms with Crippen molar-refractivity contribution in [2.45, 2.75) is 205 Å². The van der Waals surface area contributed by atoms with Gasteiger partial charge in [0.15, 0.2) is 18.0 Å². The van der Waals surface area contributed by atoms with Gasteiger partial charge in [0.1, 0.15) is 60.1 Å². The topological polar surface area (TPSA) is 651 Å². The third kappa shape index (κ3) is 36.3. The van der Waals surface area contributed by atoms with Crippen LogP contribution in [0.3, 0.4) is 0 Å². The number of rotatable bonds is 51. The van der Waals surface area contributed by atoms with E-state index in [1.807, 2.05) is 0 Å². The van der Waals surface area contributed by atoms with Crippen molar-refractivity contribution in [2.75, 3.05) is 32.7 Å². The standard InChI is InChI=1S/C74H115N21O17/c1-40(2)34-53(91-68(107)54(36-44-18-10-8-11-19-44)86-58(100)39-84-57(99)38-85-62(101)48(76)35-46-25-27-47(97)28-26-46)67(106)89-51(24-17-33-83-74(80)81)63(102)87-50(23-16-32-82-73(78)79)64(103)90-52(29-30-56(77)98)65(104)92-55(37-45-20-12-9-13-21-45)69(108)88-49(22-14-15-31-75)66(105)93-59(41(3)4)70(109)94-60(42(5)6)71(110)95-61(43(7)96)72(111)112/h8-13,18-21,25-28,40-43,48-55,59-61,96-97H,14-17,22-24,29-39,75-76H2,1-7H3,(H2,77,98)(H,84,99)(H,85,101)(H,86,100)(H,87,102)(H,88,108)(H,89,106)(H,90,103)(H,91,107)(H,92,104)(H,93,105)(H,94,109)(H,95,110)(H,111,112)(H4,78,79,82)(H4,80,81,83)/t43-,48+,49-,50-,51-,52-,53+,54+,55+,59-,60-,61-/m0/s1. The predicted molar refractivity (Wildman–Crippen MR) is 415 cm³/mol. The van der Waals surface area contributed by atoms with Gasteiger partial charge in [0.25, 0.3) is 0 Å². The van der Waals surface area contributed by atoms with Gasteiger partial charge in [-0.1, -0.05) is 114 Å². The number of phenolic OH excluding ortho intramolecular Hbond substituents is 1. The Balaban J connectivity index is 2.00.